The monoisotopic (exact) mass is 299 g/mol. The molecule has 3 aromatic rings. The highest BCUT2D eigenvalue weighted by Gasteiger charge is 2.09. The third kappa shape index (κ3) is 3.00. The summed E-state index contributed by atoms with van der Waals surface area (Å²) in [6.45, 7) is 3.50. The summed E-state index contributed by atoms with van der Waals surface area (Å²) in [5.74, 6) is 1.10. The molecule has 0 atom stereocenters. The van der Waals surface area contributed by atoms with Gasteiger partial charge in [0.1, 0.15) is 16.9 Å². The second-order valence-electron chi connectivity index (χ2n) is 4.56. The molecule has 0 aliphatic carbocycles. The second-order valence-corrected chi connectivity index (χ2v) is 5.80. The zero-order valence-corrected chi connectivity index (χ0v) is 12.4. The van der Waals surface area contributed by atoms with E-state index in [0.29, 0.717) is 11.6 Å². The molecule has 0 spiro atoms. The number of hydrogen-bond donors (Lipinski definition) is 1. The Balaban J connectivity index is 1.86. The van der Waals surface area contributed by atoms with Crippen molar-refractivity contribution in [2.45, 2.75) is 13.8 Å². The number of benzene rings is 1. The highest BCUT2D eigenvalue weighted by atomic mass is 32.1. The Kier molecular flexibility index (Phi) is 3.53. The molecule has 0 saturated carbocycles. The van der Waals surface area contributed by atoms with Gasteiger partial charge in [-0.05, 0) is 37.3 Å². The summed E-state index contributed by atoms with van der Waals surface area (Å²) in [5.41, 5.74) is 0.731. The van der Waals surface area contributed by atoms with Gasteiger partial charge in [0.2, 0.25) is 11.8 Å². The normalized spacial score (nSPS) is 10.6. The maximum Gasteiger partial charge on any atom is 0.231 e. The van der Waals surface area contributed by atoms with E-state index in [0.717, 1.165) is 20.8 Å². The van der Waals surface area contributed by atoms with Crippen molar-refractivity contribution < 1.29 is 9.53 Å². The quantitative estimate of drug-likeness (QED) is 0.800. The fourth-order valence-corrected chi connectivity index (χ4v) is 2.79. The van der Waals surface area contributed by atoms with Crippen LogP contribution < -0.4 is 10.1 Å². The fourth-order valence-electron chi connectivity index (χ4n) is 1.96. The number of carbonyl (C=O) groups is 1. The highest BCUT2D eigenvalue weighted by Crippen LogP contribution is 2.31. The number of carbonyl (C=O) groups excluding carboxylic acids is 1. The average Bonchev–Trinajstić information content (AvgIpc) is 2.82. The Bertz CT molecular complexity index is 796. The molecule has 0 saturated heterocycles. The van der Waals surface area contributed by atoms with Gasteiger partial charge < -0.3 is 10.1 Å². The first-order valence-electron chi connectivity index (χ1n) is 6.38. The lowest BCUT2D eigenvalue weighted by Crippen LogP contribution is -2.05. The molecule has 21 heavy (non-hydrogen) atoms. The summed E-state index contributed by atoms with van der Waals surface area (Å²) in [6.07, 6.45) is 1.50. The topological polar surface area (TPSA) is 64.1 Å². The van der Waals surface area contributed by atoms with E-state index in [4.69, 9.17) is 4.74 Å². The van der Waals surface area contributed by atoms with Gasteiger partial charge in [-0.25, -0.2) is 9.97 Å². The summed E-state index contributed by atoms with van der Waals surface area (Å²) in [5, 5.41) is 3.62. The van der Waals surface area contributed by atoms with Gasteiger partial charge in [-0.2, -0.15) is 0 Å². The lowest BCUT2D eigenvalue weighted by Gasteiger charge is -2.07. The van der Waals surface area contributed by atoms with Gasteiger partial charge in [0.05, 0.1) is 5.39 Å². The molecule has 3 rings (SSSR count). The predicted molar refractivity (Wildman–Crippen MR) is 83.0 cm³/mol. The molecule has 0 radical (unpaired) electrons. The van der Waals surface area contributed by atoms with Gasteiger partial charge in [0.25, 0.3) is 0 Å². The van der Waals surface area contributed by atoms with Crippen molar-refractivity contribution in [2.24, 2.45) is 0 Å². The molecule has 0 aliphatic rings. The smallest absolute Gasteiger partial charge is 0.231 e. The minimum atomic E-state index is -0.102. The molecule has 1 N–H and O–H groups in total. The van der Waals surface area contributed by atoms with Gasteiger partial charge in [0.15, 0.2) is 0 Å². The van der Waals surface area contributed by atoms with Crippen LogP contribution in [0.3, 0.4) is 0 Å². The van der Waals surface area contributed by atoms with Crippen LogP contribution in [0.4, 0.5) is 5.69 Å². The van der Waals surface area contributed by atoms with Crippen molar-refractivity contribution in [3.63, 3.8) is 0 Å². The van der Waals surface area contributed by atoms with Crippen LogP contribution in [0.25, 0.3) is 10.2 Å². The van der Waals surface area contributed by atoms with Crippen LogP contribution in [0.2, 0.25) is 0 Å². The van der Waals surface area contributed by atoms with E-state index in [1.54, 1.807) is 35.6 Å². The number of anilines is 1. The highest BCUT2D eigenvalue weighted by molar-refractivity contribution is 7.18. The molecule has 0 aliphatic heterocycles. The van der Waals surface area contributed by atoms with Crippen LogP contribution in [0, 0.1) is 6.92 Å². The largest absolute Gasteiger partial charge is 0.438 e. The summed E-state index contributed by atoms with van der Waals surface area (Å²) >= 11 is 1.61. The number of aromatic nitrogens is 2. The number of fused-ring (bicyclic) bond motifs is 1. The summed E-state index contributed by atoms with van der Waals surface area (Å²) in [6, 6.07) is 9.17. The molecular formula is C15H13N3O2S. The Morgan fingerprint density at radius 3 is 2.71 bits per heavy atom. The van der Waals surface area contributed by atoms with E-state index in [-0.39, 0.29) is 5.91 Å². The molecule has 106 valence electrons. The Hall–Kier alpha value is -2.47. The van der Waals surface area contributed by atoms with E-state index in [9.17, 15) is 4.79 Å². The van der Waals surface area contributed by atoms with Crippen LogP contribution in [0.15, 0.2) is 36.7 Å². The van der Waals surface area contributed by atoms with Crippen molar-refractivity contribution >= 4 is 33.1 Å². The minimum Gasteiger partial charge on any atom is -0.438 e. The number of ether oxygens (including phenoxy) is 1. The molecule has 6 heteroatoms. The molecule has 2 aromatic heterocycles. The number of aryl methyl sites for hydroxylation is 1. The number of nitrogens with zero attached hydrogens (tertiary/aromatic N) is 2. The van der Waals surface area contributed by atoms with Crippen molar-refractivity contribution in [3.8, 4) is 11.6 Å². The molecule has 1 amide bonds. The maximum absolute atomic E-state index is 11.0. The fraction of sp³-hybridized carbons (Fsp3) is 0.133. The van der Waals surface area contributed by atoms with Gasteiger partial charge in [-0.1, -0.05) is 0 Å². The summed E-state index contributed by atoms with van der Waals surface area (Å²) in [4.78, 5) is 21.5. The van der Waals surface area contributed by atoms with Gasteiger partial charge >= 0.3 is 0 Å². The lowest BCUT2D eigenvalue weighted by molar-refractivity contribution is -0.114. The summed E-state index contributed by atoms with van der Waals surface area (Å²) < 4.78 is 5.81. The minimum absolute atomic E-state index is 0.102. The molecule has 2 heterocycles. The third-order valence-electron chi connectivity index (χ3n) is 2.81. The Labute approximate surface area is 125 Å². The van der Waals surface area contributed by atoms with Crippen LogP contribution in [0.5, 0.6) is 11.6 Å². The average molecular weight is 299 g/mol. The number of rotatable bonds is 3. The number of thiophene rings is 1. The number of hydrogen-bond acceptors (Lipinski definition) is 5. The van der Waals surface area contributed by atoms with Crippen LogP contribution in [-0.2, 0) is 4.79 Å². The number of amides is 1. The Morgan fingerprint density at radius 2 is 2.00 bits per heavy atom. The lowest BCUT2D eigenvalue weighted by atomic mass is 10.3. The molecule has 5 nitrogen and oxygen atoms in total. The summed E-state index contributed by atoms with van der Waals surface area (Å²) in [7, 11) is 0. The standard InChI is InChI=1S/C15H13N3O2S/c1-9-7-13-14(16-8-17-15(13)21-9)20-12-5-3-11(4-6-12)18-10(2)19/h3-8H,1-2H3,(H,18,19). The predicted octanol–water partition coefficient (Wildman–Crippen LogP) is 3.75. The van der Waals surface area contributed by atoms with E-state index < -0.39 is 0 Å². The molecule has 0 bridgehead atoms. The van der Waals surface area contributed by atoms with Crippen molar-refractivity contribution in [3.05, 3.63) is 41.5 Å². The zero-order valence-electron chi connectivity index (χ0n) is 11.6. The maximum atomic E-state index is 11.0. The van der Waals surface area contributed by atoms with Crippen molar-refractivity contribution in [2.75, 3.05) is 5.32 Å². The first-order valence-corrected chi connectivity index (χ1v) is 7.20. The van der Waals surface area contributed by atoms with E-state index in [2.05, 4.69) is 15.3 Å². The van der Waals surface area contributed by atoms with Gasteiger partial charge in [-0.3, -0.25) is 4.79 Å². The van der Waals surface area contributed by atoms with E-state index in [1.165, 1.54) is 13.3 Å². The van der Waals surface area contributed by atoms with Crippen LogP contribution >= 0.6 is 11.3 Å². The Morgan fingerprint density at radius 1 is 1.24 bits per heavy atom. The molecule has 0 unspecified atom stereocenters. The molecule has 1 aromatic carbocycles. The van der Waals surface area contributed by atoms with Gasteiger partial charge in [0, 0.05) is 17.5 Å². The second kappa shape index (κ2) is 5.49. The van der Waals surface area contributed by atoms with Crippen LogP contribution in [-0.4, -0.2) is 15.9 Å². The van der Waals surface area contributed by atoms with Gasteiger partial charge in [-0.15, -0.1) is 11.3 Å². The zero-order chi connectivity index (χ0) is 14.8. The first kappa shape index (κ1) is 13.5. The van der Waals surface area contributed by atoms with E-state index >= 15 is 0 Å². The van der Waals surface area contributed by atoms with E-state index in [1.807, 2.05) is 13.0 Å². The molecular weight excluding hydrogens is 286 g/mol. The van der Waals surface area contributed by atoms with Crippen LogP contribution in [0.1, 0.15) is 11.8 Å². The van der Waals surface area contributed by atoms with Crippen molar-refractivity contribution in [1.29, 1.82) is 0 Å². The first-order chi connectivity index (χ1) is 10.1. The SMILES string of the molecule is CC(=O)Nc1ccc(Oc2ncnc3sc(C)cc23)cc1. The number of nitrogens with one attached hydrogen (secondary N) is 1. The third-order valence-corrected chi connectivity index (χ3v) is 3.76. The van der Waals surface area contributed by atoms with Crippen molar-refractivity contribution in [1.82, 2.24) is 9.97 Å². The molecule has 0 fully saturated rings.